The number of pyridine rings is 1. The van der Waals surface area contributed by atoms with Crippen molar-refractivity contribution in [1.82, 2.24) is 10.3 Å². The number of amides is 1. The Labute approximate surface area is 154 Å². The van der Waals surface area contributed by atoms with Crippen molar-refractivity contribution in [3.63, 3.8) is 0 Å². The van der Waals surface area contributed by atoms with Crippen LogP contribution in [0.25, 0.3) is 0 Å². The molecule has 138 valence electrons. The van der Waals surface area contributed by atoms with E-state index in [1.54, 1.807) is 5.32 Å². The third-order valence-electron chi connectivity index (χ3n) is 5.03. The van der Waals surface area contributed by atoms with Crippen LogP contribution in [0, 0.1) is 6.92 Å². The predicted octanol–water partition coefficient (Wildman–Crippen LogP) is 2.39. The first-order valence-corrected chi connectivity index (χ1v) is 9.25. The van der Waals surface area contributed by atoms with Gasteiger partial charge >= 0.3 is 0 Å². The summed E-state index contributed by atoms with van der Waals surface area (Å²) >= 11 is 0. The van der Waals surface area contributed by atoms with Crippen molar-refractivity contribution in [2.24, 2.45) is 0 Å². The van der Waals surface area contributed by atoms with Crippen LogP contribution < -0.4 is 10.6 Å². The minimum atomic E-state index is -0.911. The fourth-order valence-corrected chi connectivity index (χ4v) is 3.57. The zero-order valence-electron chi connectivity index (χ0n) is 15.6. The van der Waals surface area contributed by atoms with Crippen molar-refractivity contribution in [3.8, 4) is 0 Å². The van der Waals surface area contributed by atoms with Crippen LogP contribution in [0.1, 0.15) is 54.6 Å². The van der Waals surface area contributed by atoms with E-state index in [-0.39, 0.29) is 24.4 Å². The highest BCUT2D eigenvalue weighted by atomic mass is 19.1. The van der Waals surface area contributed by atoms with Crippen molar-refractivity contribution >= 4 is 5.91 Å². The summed E-state index contributed by atoms with van der Waals surface area (Å²) < 4.78 is 13.5. The van der Waals surface area contributed by atoms with Gasteiger partial charge < -0.3 is 10.6 Å². The summed E-state index contributed by atoms with van der Waals surface area (Å²) in [6, 6.07) is 11.1. The second-order valence-corrected chi connectivity index (χ2v) is 7.38. The van der Waals surface area contributed by atoms with Crippen molar-refractivity contribution in [2.45, 2.75) is 51.4 Å². The van der Waals surface area contributed by atoms with Gasteiger partial charge in [-0.2, -0.15) is 0 Å². The first-order valence-electron chi connectivity index (χ1n) is 9.25. The van der Waals surface area contributed by atoms with Gasteiger partial charge in [0.25, 0.3) is 5.91 Å². The zero-order valence-corrected chi connectivity index (χ0v) is 15.6. The van der Waals surface area contributed by atoms with Gasteiger partial charge in [-0.15, -0.1) is 0 Å². The largest absolute Gasteiger partial charge is 0.338 e. The van der Waals surface area contributed by atoms with Crippen LogP contribution in [0.4, 0.5) is 4.39 Å². The molecule has 0 radical (unpaired) electrons. The van der Waals surface area contributed by atoms with Gasteiger partial charge in [0.05, 0.1) is 11.7 Å². The van der Waals surface area contributed by atoms with E-state index < -0.39 is 6.17 Å². The molecule has 2 aromatic rings. The lowest BCUT2D eigenvalue weighted by atomic mass is 9.96. The van der Waals surface area contributed by atoms with E-state index in [0.29, 0.717) is 12.5 Å². The standard InChI is InChI=1S/C21H26FN3O/c1-13(2)17-12-24-18(9-14(17)3)20(15-7-5-4-6-8-15)25-21(26)19-10-16(22)11-23-19/h4-9,12-13,16,19-20,23H,10-11H2,1-3H3,(H,25,26)/p+1/t16-,19+,20+/m1/s1. The van der Waals surface area contributed by atoms with Gasteiger partial charge in [0, 0.05) is 12.6 Å². The summed E-state index contributed by atoms with van der Waals surface area (Å²) in [5.41, 5.74) is 4.15. The number of quaternary nitrogens is 1. The summed E-state index contributed by atoms with van der Waals surface area (Å²) in [6.07, 6.45) is 1.26. The molecule has 0 bridgehead atoms. The second-order valence-electron chi connectivity index (χ2n) is 7.38. The van der Waals surface area contributed by atoms with Crippen LogP contribution in [0.3, 0.4) is 0 Å². The van der Waals surface area contributed by atoms with Crippen molar-refractivity contribution < 1.29 is 14.5 Å². The number of rotatable bonds is 5. The number of benzene rings is 1. The van der Waals surface area contributed by atoms with Gasteiger partial charge in [0.1, 0.15) is 6.54 Å². The lowest BCUT2D eigenvalue weighted by molar-refractivity contribution is -0.659. The molecule has 1 amide bonds. The molecule has 1 aromatic carbocycles. The van der Waals surface area contributed by atoms with Gasteiger partial charge in [0.2, 0.25) is 0 Å². The highest BCUT2D eigenvalue weighted by molar-refractivity contribution is 5.81. The summed E-state index contributed by atoms with van der Waals surface area (Å²) in [5, 5.41) is 4.87. The Balaban J connectivity index is 1.89. The molecule has 5 heteroatoms. The molecule has 0 aliphatic carbocycles. The maximum Gasteiger partial charge on any atom is 0.279 e. The number of carbonyl (C=O) groups excluding carboxylic acids is 1. The molecule has 0 unspecified atom stereocenters. The number of alkyl halides is 1. The molecular weight excluding hydrogens is 329 g/mol. The van der Waals surface area contributed by atoms with E-state index in [1.807, 2.05) is 42.6 Å². The summed E-state index contributed by atoms with van der Waals surface area (Å²) in [6.45, 7) is 6.71. The lowest BCUT2D eigenvalue weighted by Crippen LogP contribution is -2.89. The Morgan fingerprint density at radius 1 is 1.31 bits per heavy atom. The van der Waals surface area contributed by atoms with Crippen molar-refractivity contribution in [1.29, 1.82) is 0 Å². The quantitative estimate of drug-likeness (QED) is 0.864. The maximum absolute atomic E-state index is 13.5. The molecule has 26 heavy (non-hydrogen) atoms. The molecule has 1 fully saturated rings. The Hall–Kier alpha value is -2.27. The molecule has 0 spiro atoms. The van der Waals surface area contributed by atoms with E-state index in [2.05, 4.69) is 31.1 Å². The third kappa shape index (κ3) is 4.10. The number of nitrogens with two attached hydrogens (primary N) is 1. The molecule has 1 saturated heterocycles. The average Bonchev–Trinajstić information content (AvgIpc) is 3.06. The third-order valence-corrected chi connectivity index (χ3v) is 5.03. The molecule has 1 aliphatic rings. The summed E-state index contributed by atoms with van der Waals surface area (Å²) in [7, 11) is 0. The van der Waals surface area contributed by atoms with Gasteiger partial charge in [-0.25, -0.2) is 4.39 Å². The monoisotopic (exact) mass is 356 g/mol. The molecule has 1 aromatic heterocycles. The Morgan fingerprint density at radius 3 is 2.62 bits per heavy atom. The lowest BCUT2D eigenvalue weighted by Gasteiger charge is -2.21. The predicted molar refractivity (Wildman–Crippen MR) is 99.6 cm³/mol. The number of nitrogens with one attached hydrogen (secondary N) is 1. The first-order chi connectivity index (χ1) is 12.5. The molecule has 0 saturated carbocycles. The number of aromatic nitrogens is 1. The van der Waals surface area contributed by atoms with Crippen LogP contribution >= 0.6 is 0 Å². The smallest absolute Gasteiger partial charge is 0.279 e. The molecule has 3 N–H and O–H groups in total. The Bertz CT molecular complexity index is 763. The molecule has 1 aliphatic heterocycles. The SMILES string of the molecule is Cc1cc([C@@H](NC(=O)[C@@H]2C[C@@H](F)C[NH2+]2)c2ccccc2)ncc1C(C)C. The van der Waals surface area contributed by atoms with Crippen molar-refractivity contribution in [3.05, 3.63) is 65.0 Å². The van der Waals surface area contributed by atoms with Crippen LogP contribution in [-0.2, 0) is 4.79 Å². The normalized spacial score (nSPS) is 21.0. The van der Waals surface area contributed by atoms with E-state index in [4.69, 9.17) is 0 Å². The Kier molecular flexibility index (Phi) is 5.67. The topological polar surface area (TPSA) is 58.6 Å². The first kappa shape index (κ1) is 18.5. The minimum absolute atomic E-state index is 0.133. The summed E-state index contributed by atoms with van der Waals surface area (Å²) in [5.74, 6) is 0.266. The molecule has 3 atom stereocenters. The molecule has 3 rings (SSSR count). The molecular formula is C21H27FN3O+. The van der Waals surface area contributed by atoms with Gasteiger partial charge in [-0.05, 0) is 35.6 Å². The average molecular weight is 356 g/mol. The van der Waals surface area contributed by atoms with Gasteiger partial charge in [0.15, 0.2) is 12.2 Å². The van der Waals surface area contributed by atoms with Crippen LogP contribution in [0.15, 0.2) is 42.6 Å². The maximum atomic E-state index is 13.5. The van der Waals surface area contributed by atoms with Crippen LogP contribution in [-0.4, -0.2) is 29.6 Å². The summed E-state index contributed by atoms with van der Waals surface area (Å²) in [4.78, 5) is 17.3. The highest BCUT2D eigenvalue weighted by Crippen LogP contribution is 2.25. The van der Waals surface area contributed by atoms with E-state index >= 15 is 0 Å². The Morgan fingerprint density at radius 2 is 2.04 bits per heavy atom. The number of aryl methyl sites for hydroxylation is 1. The van der Waals surface area contributed by atoms with Crippen LogP contribution in [0.5, 0.6) is 0 Å². The fourth-order valence-electron chi connectivity index (χ4n) is 3.57. The number of nitrogens with zero attached hydrogens (tertiary/aromatic N) is 1. The van der Waals surface area contributed by atoms with Crippen molar-refractivity contribution in [2.75, 3.05) is 6.54 Å². The number of hydrogen-bond donors (Lipinski definition) is 2. The number of carbonyl (C=O) groups is 1. The molecule has 2 heterocycles. The van der Waals surface area contributed by atoms with Gasteiger partial charge in [-0.1, -0.05) is 44.2 Å². The highest BCUT2D eigenvalue weighted by Gasteiger charge is 2.35. The fraction of sp³-hybridized carbons (Fsp3) is 0.429. The zero-order chi connectivity index (χ0) is 18.7. The van der Waals surface area contributed by atoms with E-state index in [9.17, 15) is 9.18 Å². The number of hydrogen-bond acceptors (Lipinski definition) is 2. The minimum Gasteiger partial charge on any atom is -0.338 e. The van der Waals surface area contributed by atoms with E-state index in [1.165, 1.54) is 5.56 Å². The van der Waals surface area contributed by atoms with E-state index in [0.717, 1.165) is 16.8 Å². The molecule has 4 nitrogen and oxygen atoms in total. The number of halogens is 1. The van der Waals surface area contributed by atoms with Gasteiger partial charge in [-0.3, -0.25) is 9.78 Å². The van der Waals surface area contributed by atoms with Crippen LogP contribution in [0.2, 0.25) is 0 Å². The second kappa shape index (κ2) is 7.96.